The van der Waals surface area contributed by atoms with E-state index >= 15 is 0 Å². The summed E-state index contributed by atoms with van der Waals surface area (Å²) in [5.41, 5.74) is 3.04. The summed E-state index contributed by atoms with van der Waals surface area (Å²) in [4.78, 5) is 12.0. The van der Waals surface area contributed by atoms with Crippen LogP contribution in [0.1, 0.15) is 56.0 Å². The van der Waals surface area contributed by atoms with E-state index < -0.39 is 0 Å². The Morgan fingerprint density at radius 2 is 1.86 bits per heavy atom. The highest BCUT2D eigenvalue weighted by molar-refractivity contribution is 5.95. The van der Waals surface area contributed by atoms with Crippen LogP contribution >= 0.6 is 0 Å². The number of aryl methyl sites for hydroxylation is 1. The molecule has 1 fully saturated rings. The van der Waals surface area contributed by atoms with Gasteiger partial charge in [-0.25, -0.2) is 0 Å². The van der Waals surface area contributed by atoms with Gasteiger partial charge in [-0.1, -0.05) is 19.9 Å². The minimum Gasteiger partial charge on any atom is -0.382 e. The van der Waals surface area contributed by atoms with Crippen molar-refractivity contribution in [1.29, 1.82) is 0 Å². The summed E-state index contributed by atoms with van der Waals surface area (Å²) in [6, 6.07) is 6.44. The monoisotopic (exact) mass is 288 g/mol. The molecule has 2 N–H and O–H groups in total. The Labute approximate surface area is 128 Å². The van der Waals surface area contributed by atoms with Gasteiger partial charge in [0.2, 0.25) is 0 Å². The van der Waals surface area contributed by atoms with E-state index in [1.807, 2.05) is 25.1 Å². The normalized spacial score (nSPS) is 25.4. The molecule has 1 aliphatic rings. The van der Waals surface area contributed by atoms with E-state index in [0.717, 1.165) is 23.1 Å². The Balaban J connectivity index is 2.11. The van der Waals surface area contributed by atoms with Crippen molar-refractivity contribution in [2.45, 2.75) is 53.0 Å². The SMILES string of the molecule is CCNC(=O)c1ccc(C)c(NC2CC(C)CC(C)C2)c1. The summed E-state index contributed by atoms with van der Waals surface area (Å²) in [7, 11) is 0. The van der Waals surface area contributed by atoms with Crippen LogP contribution in [0.5, 0.6) is 0 Å². The Bertz CT molecular complexity index is 488. The van der Waals surface area contributed by atoms with Crippen molar-refractivity contribution in [3.8, 4) is 0 Å². The number of anilines is 1. The Kier molecular flexibility index (Phi) is 5.27. The zero-order valence-corrected chi connectivity index (χ0v) is 13.7. The molecule has 3 nitrogen and oxygen atoms in total. The highest BCUT2D eigenvalue weighted by Gasteiger charge is 2.24. The fourth-order valence-electron chi connectivity index (χ4n) is 3.47. The highest BCUT2D eigenvalue weighted by Crippen LogP contribution is 2.31. The van der Waals surface area contributed by atoms with Gasteiger partial charge in [-0.15, -0.1) is 0 Å². The van der Waals surface area contributed by atoms with E-state index in [1.54, 1.807) is 0 Å². The minimum atomic E-state index is 0.00549. The lowest BCUT2D eigenvalue weighted by molar-refractivity contribution is 0.0956. The van der Waals surface area contributed by atoms with Gasteiger partial charge < -0.3 is 10.6 Å². The van der Waals surface area contributed by atoms with Crippen molar-refractivity contribution in [1.82, 2.24) is 5.32 Å². The summed E-state index contributed by atoms with van der Waals surface area (Å²) >= 11 is 0. The molecule has 2 atom stereocenters. The maximum atomic E-state index is 12.0. The molecule has 0 aliphatic heterocycles. The lowest BCUT2D eigenvalue weighted by Crippen LogP contribution is -2.30. The Hall–Kier alpha value is -1.51. The third kappa shape index (κ3) is 4.23. The molecule has 0 saturated heterocycles. The van der Waals surface area contributed by atoms with Gasteiger partial charge in [0.15, 0.2) is 0 Å². The second kappa shape index (κ2) is 6.97. The van der Waals surface area contributed by atoms with E-state index in [0.29, 0.717) is 12.6 Å². The zero-order chi connectivity index (χ0) is 15.4. The Morgan fingerprint density at radius 3 is 2.48 bits per heavy atom. The summed E-state index contributed by atoms with van der Waals surface area (Å²) in [6.07, 6.45) is 3.76. The van der Waals surface area contributed by atoms with Gasteiger partial charge in [0.25, 0.3) is 5.91 Å². The van der Waals surface area contributed by atoms with Gasteiger partial charge in [0, 0.05) is 23.8 Å². The fourth-order valence-corrected chi connectivity index (χ4v) is 3.47. The molecule has 1 saturated carbocycles. The number of rotatable bonds is 4. The third-order valence-corrected chi connectivity index (χ3v) is 4.38. The molecule has 1 amide bonds. The molecule has 0 spiro atoms. The first-order valence-corrected chi connectivity index (χ1v) is 8.15. The quantitative estimate of drug-likeness (QED) is 0.880. The molecule has 3 heteroatoms. The highest BCUT2D eigenvalue weighted by atomic mass is 16.1. The molecule has 21 heavy (non-hydrogen) atoms. The van der Waals surface area contributed by atoms with Crippen LogP contribution in [0.25, 0.3) is 0 Å². The topological polar surface area (TPSA) is 41.1 Å². The van der Waals surface area contributed by atoms with Crippen LogP contribution in [0.2, 0.25) is 0 Å². The lowest BCUT2D eigenvalue weighted by Gasteiger charge is -2.33. The summed E-state index contributed by atoms with van der Waals surface area (Å²) in [6.45, 7) is 9.37. The van der Waals surface area contributed by atoms with Gasteiger partial charge in [0.05, 0.1) is 0 Å². The maximum Gasteiger partial charge on any atom is 0.251 e. The molecular weight excluding hydrogens is 260 g/mol. The van der Waals surface area contributed by atoms with Gasteiger partial charge in [-0.05, 0) is 62.6 Å². The van der Waals surface area contributed by atoms with Crippen molar-refractivity contribution in [3.63, 3.8) is 0 Å². The third-order valence-electron chi connectivity index (χ3n) is 4.38. The molecule has 0 radical (unpaired) electrons. The van der Waals surface area contributed by atoms with Crippen LogP contribution in [0.15, 0.2) is 18.2 Å². The second-order valence-corrected chi connectivity index (χ2v) is 6.65. The van der Waals surface area contributed by atoms with Gasteiger partial charge >= 0.3 is 0 Å². The molecule has 0 bridgehead atoms. The van der Waals surface area contributed by atoms with Crippen LogP contribution < -0.4 is 10.6 Å². The first-order chi connectivity index (χ1) is 9.99. The van der Waals surface area contributed by atoms with E-state index in [1.165, 1.54) is 24.8 Å². The minimum absolute atomic E-state index is 0.00549. The van der Waals surface area contributed by atoms with Crippen LogP contribution in [-0.2, 0) is 0 Å². The first kappa shape index (κ1) is 15.9. The number of carbonyl (C=O) groups is 1. The summed E-state index contributed by atoms with van der Waals surface area (Å²) in [5, 5.41) is 6.53. The lowest BCUT2D eigenvalue weighted by atomic mass is 9.80. The zero-order valence-electron chi connectivity index (χ0n) is 13.7. The van der Waals surface area contributed by atoms with Gasteiger partial charge in [0.1, 0.15) is 0 Å². The van der Waals surface area contributed by atoms with Crippen LogP contribution in [0.3, 0.4) is 0 Å². The number of carbonyl (C=O) groups excluding carboxylic acids is 1. The molecular formula is C18H28N2O. The molecule has 2 unspecified atom stereocenters. The van der Waals surface area contributed by atoms with E-state index in [2.05, 4.69) is 31.4 Å². The first-order valence-electron chi connectivity index (χ1n) is 8.15. The molecule has 0 heterocycles. The van der Waals surface area contributed by atoms with Gasteiger partial charge in [-0.2, -0.15) is 0 Å². The predicted molar refractivity (Wildman–Crippen MR) is 88.8 cm³/mol. The number of amides is 1. The Morgan fingerprint density at radius 1 is 1.19 bits per heavy atom. The number of hydrogen-bond acceptors (Lipinski definition) is 2. The average Bonchev–Trinajstić information content (AvgIpc) is 2.40. The number of nitrogens with one attached hydrogen (secondary N) is 2. The van der Waals surface area contributed by atoms with Gasteiger partial charge in [-0.3, -0.25) is 4.79 Å². The molecule has 1 aromatic carbocycles. The van der Waals surface area contributed by atoms with Crippen molar-refractivity contribution < 1.29 is 4.79 Å². The molecule has 1 aliphatic carbocycles. The van der Waals surface area contributed by atoms with Crippen molar-refractivity contribution >= 4 is 11.6 Å². The van der Waals surface area contributed by atoms with E-state index in [-0.39, 0.29) is 5.91 Å². The molecule has 1 aromatic rings. The fraction of sp³-hybridized carbons (Fsp3) is 0.611. The maximum absolute atomic E-state index is 12.0. The summed E-state index contributed by atoms with van der Waals surface area (Å²) in [5.74, 6) is 1.56. The summed E-state index contributed by atoms with van der Waals surface area (Å²) < 4.78 is 0. The smallest absolute Gasteiger partial charge is 0.251 e. The predicted octanol–water partition coefficient (Wildman–Crippen LogP) is 3.98. The van der Waals surface area contributed by atoms with Crippen LogP contribution in [-0.4, -0.2) is 18.5 Å². The van der Waals surface area contributed by atoms with E-state index in [9.17, 15) is 4.79 Å². The standard InChI is InChI=1S/C18H28N2O/c1-5-19-18(21)15-7-6-14(4)17(11-15)20-16-9-12(2)8-13(3)10-16/h6-7,11-13,16,20H,5,8-10H2,1-4H3,(H,19,21). The van der Waals surface area contributed by atoms with Crippen molar-refractivity contribution in [2.24, 2.45) is 11.8 Å². The molecule has 2 rings (SSSR count). The van der Waals surface area contributed by atoms with E-state index in [4.69, 9.17) is 0 Å². The van der Waals surface area contributed by atoms with Crippen LogP contribution in [0, 0.1) is 18.8 Å². The molecule has 0 aromatic heterocycles. The van der Waals surface area contributed by atoms with Crippen molar-refractivity contribution in [2.75, 3.05) is 11.9 Å². The number of hydrogen-bond donors (Lipinski definition) is 2. The molecule has 116 valence electrons. The van der Waals surface area contributed by atoms with Crippen molar-refractivity contribution in [3.05, 3.63) is 29.3 Å². The average molecular weight is 288 g/mol. The van der Waals surface area contributed by atoms with Crippen LogP contribution in [0.4, 0.5) is 5.69 Å². The second-order valence-electron chi connectivity index (χ2n) is 6.65. The number of benzene rings is 1. The largest absolute Gasteiger partial charge is 0.382 e.